The van der Waals surface area contributed by atoms with Gasteiger partial charge in [-0.3, -0.25) is 10.1 Å². The number of halogens is 1. The fourth-order valence-corrected chi connectivity index (χ4v) is 3.78. The fraction of sp³-hybridized carbons (Fsp3) is 0.273. The maximum atomic E-state index is 11.9. The van der Waals surface area contributed by atoms with Crippen LogP contribution < -0.4 is 19.9 Å². The van der Waals surface area contributed by atoms with Crippen LogP contribution >= 0.6 is 11.6 Å². The van der Waals surface area contributed by atoms with Crippen molar-refractivity contribution in [1.82, 2.24) is 9.97 Å². The van der Waals surface area contributed by atoms with E-state index in [1.54, 1.807) is 19.2 Å². The zero-order valence-corrected chi connectivity index (χ0v) is 18.3. The number of anilines is 3. The van der Waals surface area contributed by atoms with Crippen LogP contribution in [0.1, 0.15) is 5.56 Å². The van der Waals surface area contributed by atoms with Crippen LogP contribution in [-0.2, 0) is 6.54 Å². The van der Waals surface area contributed by atoms with Gasteiger partial charge >= 0.3 is 5.69 Å². The van der Waals surface area contributed by atoms with E-state index < -0.39 is 4.92 Å². The smallest absolute Gasteiger partial charge is 0.353 e. The molecule has 2 aromatic carbocycles. The van der Waals surface area contributed by atoms with Gasteiger partial charge in [0, 0.05) is 43.4 Å². The Kier molecular flexibility index (Phi) is 6.55. The SMILES string of the molecule is COc1ccc(N2CCN(c3ncnc(NCc4ccc(Cl)cc4)c3[N+](=O)[O-])CC2)cc1. The lowest BCUT2D eigenvalue weighted by Crippen LogP contribution is -2.47. The Bertz CT molecular complexity index is 1070. The van der Waals surface area contributed by atoms with Crippen LogP contribution in [-0.4, -0.2) is 48.2 Å². The average Bonchev–Trinajstić information content (AvgIpc) is 2.83. The third kappa shape index (κ3) is 4.83. The Labute approximate surface area is 190 Å². The van der Waals surface area contributed by atoms with Crippen LogP contribution in [0.2, 0.25) is 5.02 Å². The summed E-state index contributed by atoms with van der Waals surface area (Å²) in [6.07, 6.45) is 1.36. The topological polar surface area (TPSA) is 96.7 Å². The number of benzene rings is 2. The van der Waals surface area contributed by atoms with Crippen LogP contribution in [0.15, 0.2) is 54.9 Å². The Hall–Kier alpha value is -3.59. The first kappa shape index (κ1) is 21.6. The first-order chi connectivity index (χ1) is 15.5. The molecule has 0 spiro atoms. The molecule has 0 amide bonds. The Balaban J connectivity index is 1.47. The van der Waals surface area contributed by atoms with E-state index in [0.717, 1.165) is 30.1 Å². The summed E-state index contributed by atoms with van der Waals surface area (Å²) in [5, 5.41) is 15.6. The van der Waals surface area contributed by atoms with E-state index in [9.17, 15) is 10.1 Å². The Morgan fingerprint density at radius 2 is 1.69 bits per heavy atom. The van der Waals surface area contributed by atoms with Crippen molar-refractivity contribution in [3.05, 3.63) is 75.6 Å². The first-order valence-corrected chi connectivity index (χ1v) is 10.5. The summed E-state index contributed by atoms with van der Waals surface area (Å²) in [5.74, 6) is 1.34. The molecule has 10 heteroatoms. The standard InChI is InChI=1S/C22H23ClN6O3/c1-32-19-8-6-18(7-9-19)27-10-12-28(13-11-27)22-20(29(30)31)21(25-15-26-22)24-14-16-2-4-17(23)5-3-16/h2-9,15H,10-14H2,1H3,(H,24,25,26). The number of hydrogen-bond acceptors (Lipinski definition) is 8. The highest BCUT2D eigenvalue weighted by Gasteiger charge is 2.29. The van der Waals surface area contributed by atoms with Crippen molar-refractivity contribution in [2.45, 2.75) is 6.54 Å². The van der Waals surface area contributed by atoms with Crippen molar-refractivity contribution in [2.75, 3.05) is 48.4 Å². The predicted molar refractivity (Wildman–Crippen MR) is 125 cm³/mol. The fourth-order valence-electron chi connectivity index (χ4n) is 3.66. The van der Waals surface area contributed by atoms with Crippen LogP contribution in [0.25, 0.3) is 0 Å². The molecule has 1 aliphatic rings. The lowest BCUT2D eigenvalue weighted by molar-refractivity contribution is -0.383. The van der Waals surface area contributed by atoms with Crippen molar-refractivity contribution in [3.63, 3.8) is 0 Å². The highest BCUT2D eigenvalue weighted by atomic mass is 35.5. The second kappa shape index (κ2) is 9.69. The molecule has 0 radical (unpaired) electrons. The van der Waals surface area contributed by atoms with E-state index in [4.69, 9.17) is 16.3 Å². The number of nitrogens with one attached hydrogen (secondary N) is 1. The van der Waals surface area contributed by atoms with Gasteiger partial charge in [0.05, 0.1) is 12.0 Å². The summed E-state index contributed by atoms with van der Waals surface area (Å²) in [6.45, 7) is 3.06. The normalized spacial score (nSPS) is 13.7. The molecule has 32 heavy (non-hydrogen) atoms. The second-order valence-electron chi connectivity index (χ2n) is 7.30. The number of aromatic nitrogens is 2. The second-order valence-corrected chi connectivity index (χ2v) is 7.74. The molecule has 0 aliphatic carbocycles. The first-order valence-electron chi connectivity index (χ1n) is 10.2. The Morgan fingerprint density at radius 3 is 2.31 bits per heavy atom. The molecule has 4 rings (SSSR count). The van der Waals surface area contributed by atoms with Crippen molar-refractivity contribution >= 4 is 34.6 Å². The molecule has 9 nitrogen and oxygen atoms in total. The molecule has 0 unspecified atom stereocenters. The molecule has 1 fully saturated rings. The molecule has 166 valence electrons. The molecular weight excluding hydrogens is 432 g/mol. The maximum Gasteiger partial charge on any atom is 0.353 e. The van der Waals surface area contributed by atoms with Gasteiger partial charge in [-0.2, -0.15) is 0 Å². The molecule has 0 saturated carbocycles. The van der Waals surface area contributed by atoms with E-state index in [2.05, 4.69) is 20.2 Å². The van der Waals surface area contributed by atoms with Gasteiger partial charge in [0.25, 0.3) is 0 Å². The van der Waals surface area contributed by atoms with Gasteiger partial charge in [-0.1, -0.05) is 23.7 Å². The summed E-state index contributed by atoms with van der Waals surface area (Å²) in [4.78, 5) is 24.0. The van der Waals surface area contributed by atoms with Crippen LogP contribution in [0.5, 0.6) is 5.75 Å². The minimum Gasteiger partial charge on any atom is -0.497 e. The van der Waals surface area contributed by atoms with Crippen molar-refractivity contribution < 1.29 is 9.66 Å². The van der Waals surface area contributed by atoms with Crippen LogP contribution in [0.3, 0.4) is 0 Å². The van der Waals surface area contributed by atoms with Crippen molar-refractivity contribution in [2.24, 2.45) is 0 Å². The minimum absolute atomic E-state index is 0.112. The van der Waals surface area contributed by atoms with Crippen molar-refractivity contribution in [1.29, 1.82) is 0 Å². The van der Waals surface area contributed by atoms with Gasteiger partial charge in [-0.25, -0.2) is 9.97 Å². The lowest BCUT2D eigenvalue weighted by atomic mass is 10.2. The lowest BCUT2D eigenvalue weighted by Gasteiger charge is -2.36. The zero-order valence-electron chi connectivity index (χ0n) is 17.6. The number of nitrogens with zero attached hydrogens (tertiary/aromatic N) is 5. The minimum atomic E-state index is -0.421. The quantitative estimate of drug-likeness (QED) is 0.423. The summed E-state index contributed by atoms with van der Waals surface area (Å²) in [6, 6.07) is 15.2. The number of piperazine rings is 1. The molecule has 1 aliphatic heterocycles. The van der Waals surface area contributed by atoms with Crippen molar-refractivity contribution in [3.8, 4) is 5.75 Å². The largest absolute Gasteiger partial charge is 0.497 e. The summed E-state index contributed by atoms with van der Waals surface area (Å²) < 4.78 is 5.21. The molecule has 1 saturated heterocycles. The maximum absolute atomic E-state index is 11.9. The monoisotopic (exact) mass is 454 g/mol. The molecule has 0 atom stereocenters. The molecule has 3 aromatic rings. The van der Waals surface area contributed by atoms with E-state index >= 15 is 0 Å². The predicted octanol–water partition coefficient (Wildman–Crippen LogP) is 3.99. The number of methoxy groups -OCH3 is 1. The van der Waals surface area contributed by atoms with Gasteiger partial charge < -0.3 is 19.9 Å². The van der Waals surface area contributed by atoms with Crippen LogP contribution in [0, 0.1) is 10.1 Å². The average molecular weight is 455 g/mol. The highest BCUT2D eigenvalue weighted by molar-refractivity contribution is 6.30. The van der Waals surface area contributed by atoms with Gasteiger partial charge in [0.1, 0.15) is 12.1 Å². The zero-order chi connectivity index (χ0) is 22.5. The summed E-state index contributed by atoms with van der Waals surface area (Å²) >= 11 is 5.92. The molecule has 0 bridgehead atoms. The van der Waals surface area contributed by atoms with Gasteiger partial charge in [0.2, 0.25) is 11.6 Å². The number of rotatable bonds is 7. The number of ether oxygens (including phenoxy) is 1. The van der Waals surface area contributed by atoms with Gasteiger partial charge in [-0.15, -0.1) is 0 Å². The van der Waals surface area contributed by atoms with E-state index in [1.165, 1.54) is 6.33 Å². The molecular formula is C22H23ClN6O3. The molecule has 2 heterocycles. The summed E-state index contributed by atoms with van der Waals surface area (Å²) in [5.41, 5.74) is 1.92. The Morgan fingerprint density at radius 1 is 1.03 bits per heavy atom. The number of hydrogen-bond donors (Lipinski definition) is 1. The van der Waals surface area contributed by atoms with E-state index in [-0.39, 0.29) is 11.5 Å². The summed E-state index contributed by atoms with van der Waals surface area (Å²) in [7, 11) is 1.64. The van der Waals surface area contributed by atoms with Gasteiger partial charge in [-0.05, 0) is 42.0 Å². The molecule has 1 aromatic heterocycles. The third-order valence-electron chi connectivity index (χ3n) is 5.38. The third-order valence-corrected chi connectivity index (χ3v) is 5.63. The van der Waals surface area contributed by atoms with E-state index in [1.807, 2.05) is 41.3 Å². The van der Waals surface area contributed by atoms with E-state index in [0.29, 0.717) is 30.5 Å². The number of nitro groups is 1. The molecule has 1 N–H and O–H groups in total. The van der Waals surface area contributed by atoms with Gasteiger partial charge in [0.15, 0.2) is 0 Å². The highest BCUT2D eigenvalue weighted by Crippen LogP contribution is 2.33. The van der Waals surface area contributed by atoms with Crippen LogP contribution in [0.4, 0.5) is 23.0 Å².